The molecular weight excluding hydrogens is 455 g/mol. The molecule has 0 radical (unpaired) electrons. The summed E-state index contributed by atoms with van der Waals surface area (Å²) in [5.41, 5.74) is 8.65. The third kappa shape index (κ3) is 6.47. The minimum absolute atomic E-state index is 0.226. The molecule has 0 saturated carbocycles. The molecule has 0 bridgehead atoms. The fourth-order valence-corrected chi connectivity index (χ4v) is 4.09. The number of nitrogens with zero attached hydrogens (tertiary/aromatic N) is 2. The smallest absolute Gasteiger partial charge is 0.382 e. The van der Waals surface area contributed by atoms with Gasteiger partial charge in [-0.15, -0.1) is 0 Å². The normalized spacial score (nSPS) is 15.0. The van der Waals surface area contributed by atoms with Crippen molar-refractivity contribution in [1.29, 1.82) is 0 Å². The molecule has 0 spiro atoms. The zero-order valence-corrected chi connectivity index (χ0v) is 19.9. The minimum atomic E-state index is -4.37. The Balaban J connectivity index is 1.56. The topological polar surface area (TPSA) is 77.1 Å². The van der Waals surface area contributed by atoms with Crippen LogP contribution in [0.1, 0.15) is 38.1 Å². The number of alkyl halides is 3. The van der Waals surface area contributed by atoms with Crippen molar-refractivity contribution in [2.45, 2.75) is 51.0 Å². The average molecular weight is 486 g/mol. The molecule has 1 fully saturated rings. The van der Waals surface area contributed by atoms with E-state index >= 15 is 0 Å². The van der Waals surface area contributed by atoms with Gasteiger partial charge in [-0.3, -0.25) is 4.98 Å². The molecule has 9 heteroatoms. The summed E-state index contributed by atoms with van der Waals surface area (Å²) < 4.78 is 46.8. The number of rotatable bonds is 6. The van der Waals surface area contributed by atoms with Crippen LogP contribution in [0.3, 0.4) is 0 Å². The SMILES string of the molecule is CC(C)(N)c1ccc(NCC#Cc2cc3c(NC4CCOCC4)cccc3n2CC(F)(F)F)cn1. The predicted octanol–water partition coefficient (Wildman–Crippen LogP) is 4.85. The van der Waals surface area contributed by atoms with Crippen molar-refractivity contribution < 1.29 is 17.9 Å². The van der Waals surface area contributed by atoms with Gasteiger partial charge in [0.15, 0.2) is 0 Å². The van der Waals surface area contributed by atoms with Crippen LogP contribution in [0.15, 0.2) is 42.6 Å². The van der Waals surface area contributed by atoms with Gasteiger partial charge in [0.25, 0.3) is 0 Å². The molecule has 0 unspecified atom stereocenters. The molecule has 0 atom stereocenters. The van der Waals surface area contributed by atoms with Crippen LogP contribution in [0.5, 0.6) is 0 Å². The van der Waals surface area contributed by atoms with Gasteiger partial charge in [-0.1, -0.05) is 12.0 Å². The molecule has 1 aromatic carbocycles. The molecule has 186 valence electrons. The minimum Gasteiger partial charge on any atom is -0.382 e. The zero-order valence-electron chi connectivity index (χ0n) is 19.9. The van der Waals surface area contributed by atoms with E-state index in [1.54, 1.807) is 24.4 Å². The second kappa shape index (κ2) is 10.2. The van der Waals surface area contributed by atoms with Crippen molar-refractivity contribution in [1.82, 2.24) is 9.55 Å². The van der Waals surface area contributed by atoms with Crippen molar-refractivity contribution in [2.75, 3.05) is 30.4 Å². The summed E-state index contributed by atoms with van der Waals surface area (Å²) in [4.78, 5) is 4.35. The molecule has 1 saturated heterocycles. The second-order valence-electron chi connectivity index (χ2n) is 9.31. The number of benzene rings is 1. The summed E-state index contributed by atoms with van der Waals surface area (Å²) in [7, 11) is 0. The van der Waals surface area contributed by atoms with Gasteiger partial charge in [0.1, 0.15) is 6.54 Å². The van der Waals surface area contributed by atoms with Gasteiger partial charge in [0, 0.05) is 30.3 Å². The number of ether oxygens (including phenoxy) is 1. The van der Waals surface area contributed by atoms with E-state index in [0.29, 0.717) is 24.4 Å². The van der Waals surface area contributed by atoms with E-state index in [9.17, 15) is 13.2 Å². The molecule has 35 heavy (non-hydrogen) atoms. The van der Waals surface area contributed by atoms with Gasteiger partial charge in [-0.25, -0.2) is 0 Å². The molecule has 1 aliphatic heterocycles. The van der Waals surface area contributed by atoms with Gasteiger partial charge < -0.3 is 25.7 Å². The van der Waals surface area contributed by atoms with E-state index < -0.39 is 18.3 Å². The lowest BCUT2D eigenvalue weighted by Crippen LogP contribution is -2.29. The molecule has 0 aliphatic carbocycles. The van der Waals surface area contributed by atoms with Crippen molar-refractivity contribution in [3.05, 3.63) is 54.0 Å². The summed E-state index contributed by atoms with van der Waals surface area (Å²) in [6.45, 7) is 4.25. The number of hydrogen-bond donors (Lipinski definition) is 3. The molecule has 0 amide bonds. The molecule has 3 heterocycles. The Hall–Kier alpha value is -3.22. The van der Waals surface area contributed by atoms with Crippen LogP contribution in [-0.2, 0) is 16.8 Å². The van der Waals surface area contributed by atoms with Crippen molar-refractivity contribution in [3.63, 3.8) is 0 Å². The Kier molecular flexibility index (Phi) is 7.24. The van der Waals surface area contributed by atoms with Crippen LogP contribution in [-0.4, -0.2) is 41.5 Å². The van der Waals surface area contributed by atoms with Crippen LogP contribution >= 0.6 is 0 Å². The molecule has 4 N–H and O–H groups in total. The van der Waals surface area contributed by atoms with E-state index in [0.717, 1.165) is 35.3 Å². The summed E-state index contributed by atoms with van der Waals surface area (Å²) in [6.07, 6.45) is -0.983. The Labute approximate surface area is 203 Å². The van der Waals surface area contributed by atoms with Gasteiger partial charge in [-0.05, 0) is 62.9 Å². The van der Waals surface area contributed by atoms with Gasteiger partial charge in [0.05, 0.1) is 40.9 Å². The van der Waals surface area contributed by atoms with E-state index in [-0.39, 0.29) is 12.6 Å². The van der Waals surface area contributed by atoms with E-state index in [4.69, 9.17) is 10.5 Å². The number of fused-ring (bicyclic) bond motifs is 1. The number of nitrogens with one attached hydrogen (secondary N) is 2. The first kappa shape index (κ1) is 24.9. The Morgan fingerprint density at radius 1 is 1.17 bits per heavy atom. The van der Waals surface area contributed by atoms with Gasteiger partial charge >= 0.3 is 6.18 Å². The predicted molar refractivity (Wildman–Crippen MR) is 132 cm³/mol. The third-order valence-electron chi connectivity index (χ3n) is 5.89. The molecular formula is C26H30F3N5O. The summed E-state index contributed by atoms with van der Waals surface area (Å²) in [5, 5.41) is 7.33. The maximum atomic E-state index is 13.4. The number of pyridine rings is 1. The fourth-order valence-electron chi connectivity index (χ4n) is 4.09. The van der Waals surface area contributed by atoms with Gasteiger partial charge in [-0.2, -0.15) is 13.2 Å². The summed E-state index contributed by atoms with van der Waals surface area (Å²) in [6, 6.07) is 11.0. The Morgan fingerprint density at radius 3 is 2.60 bits per heavy atom. The van der Waals surface area contributed by atoms with Crippen LogP contribution in [0.4, 0.5) is 24.5 Å². The molecule has 6 nitrogen and oxygen atoms in total. The van der Waals surface area contributed by atoms with Crippen LogP contribution in [0, 0.1) is 11.8 Å². The lowest BCUT2D eigenvalue weighted by molar-refractivity contribution is -0.140. The second-order valence-corrected chi connectivity index (χ2v) is 9.31. The number of nitrogens with two attached hydrogens (primary N) is 1. The first-order valence-corrected chi connectivity index (χ1v) is 11.6. The zero-order chi connectivity index (χ0) is 25.1. The molecule has 2 aromatic heterocycles. The fraction of sp³-hybridized carbons (Fsp3) is 0.423. The highest BCUT2D eigenvalue weighted by atomic mass is 19.4. The van der Waals surface area contributed by atoms with Crippen molar-refractivity contribution >= 4 is 22.3 Å². The monoisotopic (exact) mass is 485 g/mol. The highest BCUT2D eigenvalue weighted by Gasteiger charge is 2.30. The maximum Gasteiger partial charge on any atom is 0.406 e. The maximum absolute atomic E-state index is 13.4. The van der Waals surface area contributed by atoms with Crippen molar-refractivity contribution in [3.8, 4) is 11.8 Å². The summed E-state index contributed by atoms with van der Waals surface area (Å²) >= 11 is 0. The highest BCUT2D eigenvalue weighted by Crippen LogP contribution is 2.31. The van der Waals surface area contributed by atoms with E-state index in [1.165, 1.54) is 4.57 Å². The first-order valence-electron chi connectivity index (χ1n) is 11.6. The van der Waals surface area contributed by atoms with E-state index in [2.05, 4.69) is 27.5 Å². The third-order valence-corrected chi connectivity index (χ3v) is 5.89. The lowest BCUT2D eigenvalue weighted by atomic mass is 10.0. The molecule has 1 aliphatic rings. The number of aromatic nitrogens is 2. The first-order chi connectivity index (χ1) is 16.6. The van der Waals surface area contributed by atoms with Crippen molar-refractivity contribution in [2.24, 2.45) is 5.73 Å². The van der Waals surface area contributed by atoms with Crippen LogP contribution < -0.4 is 16.4 Å². The Bertz CT molecular complexity index is 1210. The standard InChI is InChI=1S/C26H30F3N5O/c1-25(2,30)24-9-8-19(16-32-24)31-12-4-5-20-15-21-22(33-18-10-13-35-14-11-18)6-3-7-23(21)34(20)17-26(27,28)29/h3,6-9,15-16,18,31,33H,10-14,17,30H2,1-2H3. The van der Waals surface area contributed by atoms with E-state index in [1.807, 2.05) is 32.0 Å². The van der Waals surface area contributed by atoms with Crippen LogP contribution in [0.2, 0.25) is 0 Å². The number of halogens is 3. The summed E-state index contributed by atoms with van der Waals surface area (Å²) in [5.74, 6) is 5.87. The lowest BCUT2D eigenvalue weighted by Gasteiger charge is -2.24. The molecule has 3 aromatic rings. The quantitative estimate of drug-likeness (QED) is 0.436. The number of anilines is 2. The van der Waals surface area contributed by atoms with Gasteiger partial charge in [0.2, 0.25) is 0 Å². The average Bonchev–Trinajstić information content (AvgIpc) is 3.14. The van der Waals surface area contributed by atoms with Crippen LogP contribution in [0.25, 0.3) is 10.9 Å². The highest BCUT2D eigenvalue weighted by molar-refractivity contribution is 5.94. The Morgan fingerprint density at radius 2 is 1.94 bits per heavy atom. The molecule has 4 rings (SSSR count). The largest absolute Gasteiger partial charge is 0.406 e. The number of hydrogen-bond acceptors (Lipinski definition) is 5.